The van der Waals surface area contributed by atoms with Gasteiger partial charge in [-0.2, -0.15) is 0 Å². The molecular weight excluding hydrogens is 234 g/mol. The molecule has 1 aromatic heterocycles. The minimum absolute atomic E-state index is 0.0951. The average Bonchev–Trinajstić information content (AvgIpc) is 2.39. The van der Waals surface area contributed by atoms with E-state index in [9.17, 15) is 4.79 Å². The number of carbonyl (C=O) groups is 1. The third-order valence-corrected chi connectivity index (χ3v) is 2.52. The van der Waals surface area contributed by atoms with Gasteiger partial charge in [0.25, 0.3) is 0 Å². The molecule has 1 unspecified atom stereocenters. The Labute approximate surface area is 106 Å². The van der Waals surface area contributed by atoms with E-state index >= 15 is 0 Å². The van der Waals surface area contributed by atoms with Gasteiger partial charge in [0.05, 0.1) is 25.4 Å². The maximum absolute atomic E-state index is 11.4. The van der Waals surface area contributed by atoms with E-state index in [2.05, 4.69) is 15.0 Å². The van der Waals surface area contributed by atoms with Crippen LogP contribution in [0.1, 0.15) is 23.8 Å². The van der Waals surface area contributed by atoms with E-state index in [1.165, 1.54) is 13.2 Å². The number of nitrogens with zero attached hydrogens (tertiary/aromatic N) is 1. The summed E-state index contributed by atoms with van der Waals surface area (Å²) in [5.41, 5.74) is 6.52. The van der Waals surface area contributed by atoms with Gasteiger partial charge in [-0.3, -0.25) is 0 Å². The summed E-state index contributed by atoms with van der Waals surface area (Å²) in [6.07, 6.45) is 0.859. The zero-order chi connectivity index (χ0) is 13.5. The van der Waals surface area contributed by atoms with Crippen LogP contribution in [-0.2, 0) is 9.47 Å². The van der Waals surface area contributed by atoms with Crippen molar-refractivity contribution in [3.63, 3.8) is 0 Å². The van der Waals surface area contributed by atoms with Gasteiger partial charge in [-0.25, -0.2) is 9.78 Å². The van der Waals surface area contributed by atoms with Crippen LogP contribution in [0.3, 0.4) is 0 Å². The molecule has 6 heteroatoms. The highest BCUT2D eigenvalue weighted by Gasteiger charge is 2.13. The van der Waals surface area contributed by atoms with Gasteiger partial charge >= 0.3 is 5.97 Å². The minimum atomic E-state index is -0.488. The fourth-order valence-corrected chi connectivity index (χ4v) is 1.46. The number of esters is 1. The first kappa shape index (κ1) is 14.2. The molecule has 0 radical (unpaired) electrons. The quantitative estimate of drug-likeness (QED) is 0.743. The molecule has 1 atom stereocenters. The molecule has 100 valence electrons. The number of carbonyl (C=O) groups excluding carboxylic acids is 1. The van der Waals surface area contributed by atoms with Crippen LogP contribution in [0.15, 0.2) is 12.1 Å². The fourth-order valence-electron chi connectivity index (χ4n) is 1.46. The van der Waals surface area contributed by atoms with Gasteiger partial charge in [0, 0.05) is 7.11 Å². The first-order chi connectivity index (χ1) is 8.62. The molecule has 0 fully saturated rings. The maximum atomic E-state index is 11.4. The number of pyridine rings is 1. The number of methoxy groups -OCH3 is 2. The maximum Gasteiger partial charge on any atom is 0.356 e. The normalized spacial score (nSPS) is 11.9. The molecule has 0 spiro atoms. The second-order valence-corrected chi connectivity index (χ2v) is 3.83. The van der Waals surface area contributed by atoms with E-state index in [4.69, 9.17) is 10.5 Å². The van der Waals surface area contributed by atoms with Crippen LogP contribution in [-0.4, -0.2) is 37.8 Å². The molecule has 1 aromatic rings. The number of ether oxygens (including phenoxy) is 2. The summed E-state index contributed by atoms with van der Waals surface area (Å²) in [6, 6.07) is 3.25. The number of aromatic nitrogens is 1. The summed E-state index contributed by atoms with van der Waals surface area (Å²) in [5, 5.41) is 3.15. The lowest BCUT2D eigenvalue weighted by Crippen LogP contribution is -2.25. The van der Waals surface area contributed by atoms with Crippen molar-refractivity contribution in [1.29, 1.82) is 0 Å². The highest BCUT2D eigenvalue weighted by molar-refractivity contribution is 5.88. The second kappa shape index (κ2) is 6.80. The average molecular weight is 253 g/mol. The summed E-state index contributed by atoms with van der Waals surface area (Å²) >= 11 is 0. The molecule has 0 aromatic carbocycles. The number of anilines is 2. The summed E-state index contributed by atoms with van der Waals surface area (Å²) in [7, 11) is 2.94. The Morgan fingerprint density at radius 1 is 1.50 bits per heavy atom. The highest BCUT2D eigenvalue weighted by atomic mass is 16.5. The lowest BCUT2D eigenvalue weighted by molar-refractivity contribution is 0.0594. The van der Waals surface area contributed by atoms with Gasteiger partial charge in [0.15, 0.2) is 11.5 Å². The Hall–Kier alpha value is -1.82. The predicted molar refractivity (Wildman–Crippen MR) is 69.6 cm³/mol. The first-order valence-electron chi connectivity index (χ1n) is 5.72. The van der Waals surface area contributed by atoms with Crippen molar-refractivity contribution >= 4 is 17.5 Å². The van der Waals surface area contributed by atoms with Crippen LogP contribution >= 0.6 is 0 Å². The van der Waals surface area contributed by atoms with E-state index in [1.807, 2.05) is 6.92 Å². The number of rotatable bonds is 6. The van der Waals surface area contributed by atoms with Crippen molar-refractivity contribution in [2.45, 2.75) is 19.4 Å². The van der Waals surface area contributed by atoms with Crippen molar-refractivity contribution in [2.75, 3.05) is 31.9 Å². The number of nitrogens with two attached hydrogens (primary N) is 1. The van der Waals surface area contributed by atoms with Crippen molar-refractivity contribution in [3.05, 3.63) is 17.8 Å². The van der Waals surface area contributed by atoms with E-state index in [0.717, 1.165) is 6.42 Å². The van der Waals surface area contributed by atoms with Gasteiger partial charge < -0.3 is 20.5 Å². The van der Waals surface area contributed by atoms with E-state index < -0.39 is 5.97 Å². The lowest BCUT2D eigenvalue weighted by atomic mass is 10.2. The lowest BCUT2D eigenvalue weighted by Gasteiger charge is -2.18. The third kappa shape index (κ3) is 3.59. The van der Waals surface area contributed by atoms with Crippen LogP contribution in [0.25, 0.3) is 0 Å². The van der Waals surface area contributed by atoms with Crippen molar-refractivity contribution in [2.24, 2.45) is 0 Å². The van der Waals surface area contributed by atoms with Gasteiger partial charge in [0.2, 0.25) is 0 Å². The Morgan fingerprint density at radius 2 is 2.22 bits per heavy atom. The molecule has 6 nitrogen and oxygen atoms in total. The van der Waals surface area contributed by atoms with Crippen molar-refractivity contribution < 1.29 is 14.3 Å². The van der Waals surface area contributed by atoms with Crippen molar-refractivity contribution in [3.8, 4) is 0 Å². The number of hydrogen-bond acceptors (Lipinski definition) is 6. The molecule has 1 rings (SSSR count). The molecular formula is C12H19N3O3. The largest absolute Gasteiger partial charge is 0.464 e. The molecule has 18 heavy (non-hydrogen) atoms. The number of nitrogens with one attached hydrogen (secondary N) is 1. The molecule has 0 aliphatic heterocycles. The molecule has 0 aliphatic rings. The standard InChI is InChI=1S/C12H19N3O3/c1-4-8(7-17-2)14-11-9(13)5-6-10(15-11)12(16)18-3/h5-6,8H,4,7,13H2,1-3H3,(H,14,15). The second-order valence-electron chi connectivity index (χ2n) is 3.83. The van der Waals surface area contributed by atoms with E-state index in [1.54, 1.807) is 13.2 Å². The van der Waals surface area contributed by atoms with Crippen LogP contribution < -0.4 is 11.1 Å². The van der Waals surface area contributed by atoms with Gasteiger partial charge in [0.1, 0.15) is 0 Å². The SMILES string of the molecule is CCC(COC)Nc1nc(C(=O)OC)ccc1N. The molecule has 1 heterocycles. The topological polar surface area (TPSA) is 86.5 Å². The predicted octanol–water partition coefficient (Wildman–Crippen LogP) is 1.29. The first-order valence-corrected chi connectivity index (χ1v) is 5.72. The number of hydrogen-bond donors (Lipinski definition) is 2. The van der Waals surface area contributed by atoms with Crippen LogP contribution in [0, 0.1) is 0 Å². The third-order valence-electron chi connectivity index (χ3n) is 2.52. The van der Waals surface area contributed by atoms with Crippen LogP contribution in [0.2, 0.25) is 0 Å². The van der Waals surface area contributed by atoms with Crippen molar-refractivity contribution in [1.82, 2.24) is 4.98 Å². The molecule has 0 amide bonds. The smallest absolute Gasteiger partial charge is 0.356 e. The summed E-state index contributed by atoms with van der Waals surface area (Å²) in [5.74, 6) is -0.0142. The Bertz CT molecular complexity index is 410. The molecule has 0 aliphatic carbocycles. The molecule has 3 N–H and O–H groups in total. The zero-order valence-corrected chi connectivity index (χ0v) is 10.9. The molecule has 0 bridgehead atoms. The van der Waals surface area contributed by atoms with Gasteiger partial charge in [-0.1, -0.05) is 6.92 Å². The zero-order valence-electron chi connectivity index (χ0n) is 10.9. The van der Waals surface area contributed by atoms with Crippen LogP contribution in [0.5, 0.6) is 0 Å². The van der Waals surface area contributed by atoms with Gasteiger partial charge in [-0.15, -0.1) is 0 Å². The van der Waals surface area contributed by atoms with Gasteiger partial charge in [-0.05, 0) is 18.6 Å². The Kier molecular flexibility index (Phi) is 5.38. The van der Waals surface area contributed by atoms with Crippen LogP contribution in [0.4, 0.5) is 11.5 Å². The Morgan fingerprint density at radius 3 is 2.78 bits per heavy atom. The number of nitrogen functional groups attached to an aromatic ring is 1. The molecule has 0 saturated carbocycles. The highest BCUT2D eigenvalue weighted by Crippen LogP contribution is 2.18. The summed E-state index contributed by atoms with van der Waals surface area (Å²) < 4.78 is 9.70. The van der Waals surface area contributed by atoms with E-state index in [0.29, 0.717) is 18.1 Å². The summed E-state index contributed by atoms with van der Waals surface area (Å²) in [6.45, 7) is 2.57. The fraction of sp³-hybridized carbons (Fsp3) is 0.500. The molecule has 0 saturated heterocycles. The summed E-state index contributed by atoms with van der Waals surface area (Å²) in [4.78, 5) is 15.5. The minimum Gasteiger partial charge on any atom is -0.464 e. The van der Waals surface area contributed by atoms with E-state index in [-0.39, 0.29) is 11.7 Å². The monoisotopic (exact) mass is 253 g/mol. The Balaban J connectivity index is 2.89.